The van der Waals surface area contributed by atoms with E-state index >= 15 is 0 Å². The number of primary amides is 1. The van der Waals surface area contributed by atoms with E-state index in [-0.39, 0.29) is 24.7 Å². The average Bonchev–Trinajstić information content (AvgIpc) is 2.71. The number of piperidine rings is 1. The van der Waals surface area contributed by atoms with Crippen molar-refractivity contribution in [1.29, 1.82) is 0 Å². The largest absolute Gasteiger partial charge is 0.445 e. The van der Waals surface area contributed by atoms with Crippen LogP contribution in [0.2, 0.25) is 0 Å². The van der Waals surface area contributed by atoms with Crippen LogP contribution < -0.4 is 11.1 Å². The van der Waals surface area contributed by atoms with Crippen LogP contribution in [0.1, 0.15) is 53.5 Å². The second kappa shape index (κ2) is 13.8. The summed E-state index contributed by atoms with van der Waals surface area (Å²) in [4.78, 5) is 36.2. The lowest BCUT2D eigenvalue weighted by Gasteiger charge is -2.38. The Hall–Kier alpha value is -3.01. The molecular formula is C25H41N3O7. The number of carbonyl (C=O) groups excluding carboxylic acids is 3. The van der Waals surface area contributed by atoms with Gasteiger partial charge in [0.25, 0.3) is 0 Å². The summed E-state index contributed by atoms with van der Waals surface area (Å²) < 4.78 is 20.6. The van der Waals surface area contributed by atoms with E-state index in [1.807, 2.05) is 51.1 Å². The number of nitrogens with two attached hydrogens (primary N) is 1. The Bertz CT molecular complexity index is 804. The molecule has 1 aliphatic heterocycles. The molecule has 2 unspecified atom stereocenters. The first kappa shape index (κ1) is 30.0. The van der Waals surface area contributed by atoms with Gasteiger partial charge in [-0.25, -0.2) is 14.4 Å². The van der Waals surface area contributed by atoms with Crippen molar-refractivity contribution >= 4 is 18.3 Å². The van der Waals surface area contributed by atoms with Gasteiger partial charge in [-0.1, -0.05) is 30.3 Å². The van der Waals surface area contributed by atoms with E-state index in [1.165, 1.54) is 0 Å². The van der Waals surface area contributed by atoms with Crippen LogP contribution in [0.3, 0.4) is 0 Å². The summed E-state index contributed by atoms with van der Waals surface area (Å²) >= 11 is 0. The molecule has 10 heteroatoms. The first-order valence-corrected chi connectivity index (χ1v) is 11.6. The molecule has 1 saturated heterocycles. The van der Waals surface area contributed by atoms with Crippen molar-refractivity contribution in [1.82, 2.24) is 10.2 Å². The fraction of sp³-hybridized carbons (Fsp3) is 0.640. The van der Waals surface area contributed by atoms with Crippen molar-refractivity contribution in [2.75, 3.05) is 26.8 Å². The molecule has 10 nitrogen and oxygen atoms in total. The highest BCUT2D eigenvalue weighted by Gasteiger charge is 2.34. The molecule has 1 heterocycles. The number of carbonyl (C=O) groups is 3. The maximum Gasteiger partial charge on any atom is 0.410 e. The van der Waals surface area contributed by atoms with Crippen LogP contribution in [0.15, 0.2) is 30.3 Å². The molecule has 3 amide bonds. The molecule has 198 valence electrons. The smallest absolute Gasteiger partial charge is 0.410 e. The number of benzene rings is 1. The van der Waals surface area contributed by atoms with E-state index in [2.05, 4.69) is 10.1 Å². The van der Waals surface area contributed by atoms with Crippen LogP contribution in [0.4, 0.5) is 14.4 Å². The lowest BCUT2D eigenvalue weighted by molar-refractivity contribution is 0.0294. The molecule has 0 saturated carbocycles. The van der Waals surface area contributed by atoms with Crippen molar-refractivity contribution in [2.45, 2.75) is 71.8 Å². The molecule has 1 aromatic carbocycles. The number of likely N-dealkylation sites (tertiary alicyclic amines) is 1. The van der Waals surface area contributed by atoms with Crippen molar-refractivity contribution in [3.63, 3.8) is 0 Å². The van der Waals surface area contributed by atoms with Gasteiger partial charge in [0.1, 0.15) is 17.8 Å². The van der Waals surface area contributed by atoms with Crippen molar-refractivity contribution in [2.24, 2.45) is 11.7 Å². The number of alkyl carbamates (subject to hydrolysis) is 1. The third kappa shape index (κ3) is 13.5. The predicted molar refractivity (Wildman–Crippen MR) is 132 cm³/mol. The van der Waals surface area contributed by atoms with Gasteiger partial charge in [-0.15, -0.1) is 0 Å². The van der Waals surface area contributed by atoms with E-state index in [1.54, 1.807) is 32.8 Å². The molecule has 2 atom stereocenters. The van der Waals surface area contributed by atoms with Crippen LogP contribution in [-0.4, -0.2) is 67.2 Å². The highest BCUT2D eigenvalue weighted by Crippen LogP contribution is 2.20. The molecule has 0 bridgehead atoms. The lowest BCUT2D eigenvalue weighted by Crippen LogP contribution is -2.55. The highest BCUT2D eigenvalue weighted by atomic mass is 16.6. The molecule has 1 aromatic rings. The Morgan fingerprint density at radius 3 is 2.11 bits per heavy atom. The molecule has 35 heavy (non-hydrogen) atoms. The van der Waals surface area contributed by atoms with Gasteiger partial charge in [0.2, 0.25) is 0 Å². The number of rotatable bonds is 5. The van der Waals surface area contributed by atoms with E-state index < -0.39 is 23.4 Å². The Labute approximate surface area is 208 Å². The van der Waals surface area contributed by atoms with Gasteiger partial charge >= 0.3 is 18.3 Å². The molecule has 2 rings (SSSR count). The fourth-order valence-corrected chi connectivity index (χ4v) is 3.31. The molecule has 0 aromatic heterocycles. The van der Waals surface area contributed by atoms with Crippen LogP contribution in [0, 0.1) is 5.92 Å². The molecule has 0 aliphatic carbocycles. The second-order valence-electron chi connectivity index (χ2n) is 10.3. The van der Waals surface area contributed by atoms with Gasteiger partial charge in [0, 0.05) is 26.1 Å². The van der Waals surface area contributed by atoms with Gasteiger partial charge in [0.15, 0.2) is 0 Å². The number of nitrogens with zero attached hydrogens (tertiary/aromatic N) is 1. The molecule has 1 fully saturated rings. The average molecular weight is 496 g/mol. The molecule has 1 aliphatic rings. The van der Waals surface area contributed by atoms with E-state index in [0.29, 0.717) is 19.7 Å². The zero-order valence-electron chi connectivity index (χ0n) is 22.0. The third-order valence-electron chi connectivity index (χ3n) is 4.71. The fourth-order valence-electron chi connectivity index (χ4n) is 3.31. The minimum absolute atomic E-state index is 0.112. The number of hydrogen-bond donors (Lipinski definition) is 2. The minimum atomic E-state index is -0.725. The standard InChI is InChI=1S/C20H30N2O5.C5H11NO2/c1-20(2,3)27-18(23)21-17-12-22(11-10-16(17)14-25-4)19(24)26-13-15-8-6-5-7-9-15;1-5(2,3)8-4(6)7/h5-9,16-17H,10-14H2,1-4H3,(H,21,23);1-3H3,(H2,6,7). The van der Waals surface area contributed by atoms with Crippen LogP contribution >= 0.6 is 0 Å². The Kier molecular flexibility index (Phi) is 11.8. The van der Waals surface area contributed by atoms with Gasteiger partial charge in [-0.2, -0.15) is 0 Å². The number of hydrogen-bond acceptors (Lipinski definition) is 7. The number of methoxy groups -OCH3 is 1. The van der Waals surface area contributed by atoms with E-state index in [4.69, 9.17) is 19.9 Å². The van der Waals surface area contributed by atoms with E-state index in [0.717, 1.165) is 12.0 Å². The summed E-state index contributed by atoms with van der Waals surface area (Å²) in [6.45, 7) is 12.4. The quantitative estimate of drug-likeness (QED) is 0.589. The molecule has 0 spiro atoms. The predicted octanol–water partition coefficient (Wildman–Crippen LogP) is 4.07. The van der Waals surface area contributed by atoms with Crippen LogP contribution in [0.25, 0.3) is 0 Å². The van der Waals surface area contributed by atoms with Gasteiger partial charge < -0.3 is 34.9 Å². The molecule has 3 N–H and O–H groups in total. The Morgan fingerprint density at radius 2 is 1.63 bits per heavy atom. The Balaban J connectivity index is 0.000000658. The minimum Gasteiger partial charge on any atom is -0.445 e. The zero-order valence-corrected chi connectivity index (χ0v) is 22.0. The highest BCUT2D eigenvalue weighted by molar-refractivity contribution is 5.70. The van der Waals surface area contributed by atoms with E-state index in [9.17, 15) is 14.4 Å². The first-order valence-electron chi connectivity index (χ1n) is 11.6. The SMILES string of the molecule is CC(C)(C)OC(N)=O.COCC1CCN(C(=O)OCc2ccccc2)CC1NC(=O)OC(C)(C)C. The summed E-state index contributed by atoms with van der Waals surface area (Å²) in [6.07, 6.45) is -0.884. The van der Waals surface area contributed by atoms with Gasteiger partial charge in [-0.3, -0.25) is 0 Å². The van der Waals surface area contributed by atoms with Crippen molar-refractivity contribution in [3.8, 4) is 0 Å². The summed E-state index contributed by atoms with van der Waals surface area (Å²) in [5.41, 5.74) is 4.62. The number of amides is 3. The summed E-state index contributed by atoms with van der Waals surface area (Å²) in [6, 6.07) is 9.28. The molecular weight excluding hydrogens is 454 g/mol. The summed E-state index contributed by atoms with van der Waals surface area (Å²) in [5.74, 6) is 0.112. The zero-order chi connectivity index (χ0) is 26.6. The van der Waals surface area contributed by atoms with Crippen LogP contribution in [0.5, 0.6) is 0 Å². The monoisotopic (exact) mass is 495 g/mol. The summed E-state index contributed by atoms with van der Waals surface area (Å²) in [7, 11) is 1.63. The van der Waals surface area contributed by atoms with Crippen molar-refractivity contribution < 1.29 is 33.3 Å². The Morgan fingerprint density at radius 1 is 1.03 bits per heavy atom. The first-order chi connectivity index (χ1) is 16.2. The molecule has 0 radical (unpaired) electrons. The van der Waals surface area contributed by atoms with Crippen LogP contribution in [-0.2, 0) is 25.6 Å². The maximum absolute atomic E-state index is 12.4. The maximum atomic E-state index is 12.4. The topological polar surface area (TPSA) is 129 Å². The third-order valence-corrected chi connectivity index (χ3v) is 4.71. The lowest BCUT2D eigenvalue weighted by atomic mass is 9.92. The van der Waals surface area contributed by atoms with Crippen molar-refractivity contribution in [3.05, 3.63) is 35.9 Å². The number of nitrogens with one attached hydrogen (secondary N) is 1. The van der Waals surface area contributed by atoms with Gasteiger partial charge in [-0.05, 0) is 53.5 Å². The normalized spacial score (nSPS) is 18.0. The summed E-state index contributed by atoms with van der Waals surface area (Å²) in [5, 5.41) is 2.88. The number of ether oxygens (including phenoxy) is 4. The second-order valence-corrected chi connectivity index (χ2v) is 10.3. The van der Waals surface area contributed by atoms with Gasteiger partial charge in [0.05, 0.1) is 12.6 Å².